The maximum Gasteiger partial charge on any atom is 3.00 e. The number of rotatable bonds is 3. The average molecular weight is 515 g/mol. The van der Waals surface area contributed by atoms with E-state index >= 15 is 0 Å². The van der Waals surface area contributed by atoms with Crippen LogP contribution in [0.25, 0.3) is 0 Å². The molecule has 3 rings (SSSR count). The van der Waals surface area contributed by atoms with Gasteiger partial charge >= 0.3 is 49.4 Å². The first kappa shape index (κ1) is 25.7. The number of carbonyl (C=O) groups excluding carboxylic acids is 3. The molecule has 0 unspecified atom stereocenters. The molecule has 142 valence electrons. The molecule has 7 heteroatoms. The second-order valence-corrected chi connectivity index (χ2v) is 4.97. The van der Waals surface area contributed by atoms with Gasteiger partial charge in [-0.1, -0.05) is 90.0 Å². The number of para-hydroxylation sites is 3. The molecule has 0 amide bonds. The molecule has 6 nitrogen and oxygen atoms in total. The third-order valence-corrected chi connectivity index (χ3v) is 3.14. The van der Waals surface area contributed by atoms with E-state index in [4.69, 9.17) is 0 Å². The molecular formula is C21H15EuO6. The molecular weight excluding hydrogens is 500 g/mol. The normalized spacial score (nSPS) is 8.57. The van der Waals surface area contributed by atoms with Crippen LogP contribution in [-0.2, 0) is 0 Å². The van der Waals surface area contributed by atoms with Crippen molar-refractivity contribution >= 4 is 18.9 Å². The second kappa shape index (κ2) is 14.7. The van der Waals surface area contributed by atoms with E-state index in [-0.39, 0.29) is 83.3 Å². The molecule has 28 heavy (non-hydrogen) atoms. The fourth-order valence-corrected chi connectivity index (χ4v) is 1.73. The van der Waals surface area contributed by atoms with Crippen molar-refractivity contribution < 1.29 is 79.1 Å². The molecule has 0 aliphatic rings. The largest absolute Gasteiger partial charge is 3.00 e. The molecule has 0 saturated heterocycles. The van der Waals surface area contributed by atoms with Gasteiger partial charge in [0.25, 0.3) is 0 Å². The molecule has 0 spiro atoms. The van der Waals surface area contributed by atoms with Gasteiger partial charge in [0.1, 0.15) is 18.9 Å². The van der Waals surface area contributed by atoms with Crippen molar-refractivity contribution in [2.45, 2.75) is 0 Å². The van der Waals surface area contributed by atoms with Gasteiger partial charge in [0.05, 0.1) is 0 Å². The first-order chi connectivity index (χ1) is 13.0. The van der Waals surface area contributed by atoms with Crippen molar-refractivity contribution in [1.82, 2.24) is 0 Å². The first-order valence-electron chi connectivity index (χ1n) is 7.67. The summed E-state index contributed by atoms with van der Waals surface area (Å²) in [7, 11) is 0. The van der Waals surface area contributed by atoms with Crippen LogP contribution in [0.1, 0.15) is 31.1 Å². The Labute approximate surface area is 203 Å². The molecule has 3 aromatic carbocycles. The molecule has 0 N–H and O–H groups in total. The maximum atomic E-state index is 10.6. The van der Waals surface area contributed by atoms with Crippen molar-refractivity contribution in [3.8, 4) is 17.2 Å². The van der Waals surface area contributed by atoms with Crippen LogP contribution in [0.2, 0.25) is 0 Å². The van der Waals surface area contributed by atoms with Crippen molar-refractivity contribution in [2.75, 3.05) is 0 Å². The van der Waals surface area contributed by atoms with E-state index in [9.17, 15) is 29.7 Å². The van der Waals surface area contributed by atoms with Crippen LogP contribution >= 0.6 is 0 Å². The Bertz CT molecular complexity index is 778. The van der Waals surface area contributed by atoms with Gasteiger partial charge in [0.2, 0.25) is 0 Å². The van der Waals surface area contributed by atoms with E-state index < -0.39 is 0 Å². The van der Waals surface area contributed by atoms with Crippen LogP contribution in [0.5, 0.6) is 17.2 Å². The zero-order valence-electron chi connectivity index (χ0n) is 14.5. The van der Waals surface area contributed by atoms with Crippen LogP contribution in [0, 0.1) is 49.4 Å². The fourth-order valence-electron chi connectivity index (χ4n) is 1.73. The van der Waals surface area contributed by atoms with Gasteiger partial charge in [0.15, 0.2) is 0 Å². The van der Waals surface area contributed by atoms with Crippen LogP contribution in [0.3, 0.4) is 0 Å². The Balaban J connectivity index is 0.000000384. The summed E-state index contributed by atoms with van der Waals surface area (Å²) in [5.74, 6) is -0.646. The van der Waals surface area contributed by atoms with Gasteiger partial charge in [0, 0.05) is 16.7 Å². The van der Waals surface area contributed by atoms with Crippen molar-refractivity contribution in [3.05, 3.63) is 89.5 Å². The monoisotopic (exact) mass is 516 g/mol. The summed E-state index contributed by atoms with van der Waals surface area (Å²) < 4.78 is 0. The van der Waals surface area contributed by atoms with Crippen LogP contribution < -0.4 is 15.3 Å². The first-order valence-corrected chi connectivity index (χ1v) is 7.67. The summed E-state index contributed by atoms with van der Waals surface area (Å²) in [6.45, 7) is 0. The Morgan fingerprint density at radius 1 is 0.464 bits per heavy atom. The third-order valence-electron chi connectivity index (χ3n) is 3.14. The van der Waals surface area contributed by atoms with Gasteiger partial charge in [-0.3, -0.25) is 14.4 Å². The third kappa shape index (κ3) is 9.04. The Kier molecular flexibility index (Phi) is 13.5. The number of aldehydes is 3. The van der Waals surface area contributed by atoms with Gasteiger partial charge < -0.3 is 15.3 Å². The molecule has 0 atom stereocenters. The Morgan fingerprint density at radius 2 is 0.679 bits per heavy atom. The molecule has 0 aromatic heterocycles. The minimum Gasteiger partial charge on any atom is -0.872 e. The minimum absolute atomic E-state index is 0. The van der Waals surface area contributed by atoms with E-state index in [1.165, 1.54) is 36.4 Å². The van der Waals surface area contributed by atoms with Gasteiger partial charge in [-0.2, -0.15) is 0 Å². The molecule has 0 aliphatic carbocycles. The predicted molar refractivity (Wildman–Crippen MR) is 93.8 cm³/mol. The smallest absolute Gasteiger partial charge is 0.872 e. The van der Waals surface area contributed by atoms with Crippen LogP contribution in [0.15, 0.2) is 72.8 Å². The zero-order valence-corrected chi connectivity index (χ0v) is 16.9. The molecule has 0 saturated carbocycles. The number of benzene rings is 3. The number of hydrogen-bond donors (Lipinski definition) is 0. The van der Waals surface area contributed by atoms with Crippen molar-refractivity contribution in [2.24, 2.45) is 0 Å². The van der Waals surface area contributed by atoms with Gasteiger partial charge in [-0.25, -0.2) is 0 Å². The number of carbonyl (C=O) groups is 3. The van der Waals surface area contributed by atoms with Crippen molar-refractivity contribution in [1.29, 1.82) is 0 Å². The Hall–Kier alpha value is -2.35. The average Bonchev–Trinajstić information content (AvgIpc) is 2.70. The standard InChI is InChI=1S/3C7H6O2.Eu/c3*8-5-6-3-1-2-4-7(6)9;/h3*1-5,9H;/q;;;+3/p-3. The second-order valence-electron chi connectivity index (χ2n) is 4.97. The van der Waals surface area contributed by atoms with Crippen LogP contribution in [0.4, 0.5) is 0 Å². The molecule has 0 heterocycles. The zero-order chi connectivity index (χ0) is 20.1. The predicted octanol–water partition coefficient (Wildman–Crippen LogP) is 1.72. The maximum absolute atomic E-state index is 10.6. The summed E-state index contributed by atoms with van der Waals surface area (Å²) >= 11 is 0. The van der Waals surface area contributed by atoms with E-state index in [2.05, 4.69) is 0 Å². The molecule has 0 fully saturated rings. The fraction of sp³-hybridized carbons (Fsp3) is 0. The topological polar surface area (TPSA) is 120 Å². The van der Waals surface area contributed by atoms with Gasteiger partial charge in [-0.15, -0.1) is 0 Å². The van der Waals surface area contributed by atoms with Gasteiger partial charge in [-0.05, 0) is 0 Å². The van der Waals surface area contributed by atoms with E-state index in [0.29, 0.717) is 18.9 Å². The van der Waals surface area contributed by atoms with E-state index in [0.717, 1.165) is 0 Å². The summed E-state index contributed by atoms with van der Waals surface area (Å²) in [5.41, 5.74) is 0.660. The molecule has 3 aromatic rings. The minimum atomic E-state index is -0.215. The van der Waals surface area contributed by atoms with Crippen LogP contribution in [-0.4, -0.2) is 18.9 Å². The van der Waals surface area contributed by atoms with E-state index in [1.807, 2.05) is 0 Å². The SMILES string of the molecule is O=Cc1ccccc1[O-].O=Cc1ccccc1[O-].O=Cc1ccccc1[O-].[Eu+3]. The summed E-state index contributed by atoms with van der Waals surface area (Å²) in [5, 5.41) is 31.9. The number of hydrogen-bond acceptors (Lipinski definition) is 6. The van der Waals surface area contributed by atoms with Crippen molar-refractivity contribution in [3.63, 3.8) is 0 Å². The molecule has 0 radical (unpaired) electrons. The quantitative estimate of drug-likeness (QED) is 0.490. The Morgan fingerprint density at radius 3 is 0.821 bits per heavy atom. The molecule has 0 aliphatic heterocycles. The summed E-state index contributed by atoms with van der Waals surface area (Å²) in [6, 6.07) is 18.4. The summed E-state index contributed by atoms with van der Waals surface area (Å²) in [6.07, 6.45) is 1.67. The summed E-state index contributed by atoms with van der Waals surface area (Å²) in [4.78, 5) is 30.1. The molecule has 0 bridgehead atoms. The van der Waals surface area contributed by atoms with E-state index in [1.54, 1.807) is 36.4 Å².